The molecule has 0 amide bonds. The highest BCUT2D eigenvalue weighted by molar-refractivity contribution is 4.70. The number of hydrogen-bond donors (Lipinski definition) is 1. The number of allylic oxidation sites excluding steroid dienone is 1. The van der Waals surface area contributed by atoms with Gasteiger partial charge in [0.25, 0.3) is 0 Å². The third-order valence-electron chi connectivity index (χ3n) is 1.45. The molecule has 0 aromatic rings. The molecule has 10 heavy (non-hydrogen) atoms. The van der Waals surface area contributed by atoms with E-state index in [0.717, 1.165) is 6.42 Å². The van der Waals surface area contributed by atoms with Crippen molar-refractivity contribution >= 4 is 0 Å². The van der Waals surface area contributed by atoms with E-state index in [1.54, 1.807) is 0 Å². The summed E-state index contributed by atoms with van der Waals surface area (Å²) in [6.07, 6.45) is 2.85. The Morgan fingerprint density at radius 1 is 1.70 bits per heavy atom. The van der Waals surface area contributed by atoms with Crippen molar-refractivity contribution in [1.82, 2.24) is 0 Å². The number of aliphatic hydroxyl groups is 1. The predicted molar refractivity (Wildman–Crippen MR) is 41.6 cm³/mol. The van der Waals surface area contributed by atoms with E-state index in [2.05, 4.69) is 18.2 Å². The molecule has 0 aromatic heterocycles. The lowest BCUT2D eigenvalue weighted by atomic mass is 10.0. The molecule has 60 valence electrons. The van der Waals surface area contributed by atoms with Gasteiger partial charge in [0.2, 0.25) is 0 Å². The van der Waals surface area contributed by atoms with Crippen LogP contribution in [0.15, 0.2) is 12.7 Å². The summed E-state index contributed by atoms with van der Waals surface area (Å²) in [4.78, 5) is 0. The Bertz CT molecular complexity index is 91.3. The Morgan fingerprint density at radius 2 is 2.30 bits per heavy atom. The lowest BCUT2D eigenvalue weighted by Crippen LogP contribution is -2.12. The molecule has 0 fully saturated rings. The molecule has 0 radical (unpaired) electrons. The average Bonchev–Trinajstić information content (AvgIpc) is 1.88. The van der Waals surface area contributed by atoms with Gasteiger partial charge in [0.1, 0.15) is 0 Å². The van der Waals surface area contributed by atoms with Crippen molar-refractivity contribution in [3.8, 4) is 0 Å². The minimum atomic E-state index is -0.616. The number of rotatable bonds is 5. The monoisotopic (exact) mass is 144 g/mol. The van der Waals surface area contributed by atoms with Gasteiger partial charge in [-0.15, -0.1) is 6.58 Å². The second-order valence-corrected chi connectivity index (χ2v) is 2.56. The maximum absolute atomic E-state index is 9.00. The molecular formula is C8H16O2. The van der Waals surface area contributed by atoms with E-state index in [4.69, 9.17) is 5.11 Å². The zero-order chi connectivity index (χ0) is 7.98. The maximum atomic E-state index is 9.00. The number of ether oxygens (including phenoxy) is 1. The molecule has 0 aliphatic carbocycles. The van der Waals surface area contributed by atoms with Crippen LogP contribution < -0.4 is 0 Å². The van der Waals surface area contributed by atoms with Crippen LogP contribution in [0.3, 0.4) is 0 Å². The molecule has 0 aliphatic rings. The van der Waals surface area contributed by atoms with Crippen LogP contribution in [0.4, 0.5) is 0 Å². The number of methoxy groups -OCH3 is 1. The van der Waals surface area contributed by atoms with Crippen LogP contribution in [0.2, 0.25) is 0 Å². The minimum Gasteiger partial charge on any atom is -0.368 e. The fraction of sp³-hybridized carbons (Fsp3) is 0.750. The van der Waals surface area contributed by atoms with Crippen molar-refractivity contribution < 1.29 is 9.84 Å². The Labute approximate surface area is 62.5 Å². The molecule has 0 rings (SSSR count). The van der Waals surface area contributed by atoms with Gasteiger partial charge in [-0.25, -0.2) is 0 Å². The molecule has 2 heteroatoms. The summed E-state index contributed by atoms with van der Waals surface area (Å²) in [5, 5.41) is 9.00. The van der Waals surface area contributed by atoms with E-state index in [1.807, 2.05) is 6.08 Å². The van der Waals surface area contributed by atoms with E-state index >= 15 is 0 Å². The average molecular weight is 144 g/mol. The maximum Gasteiger partial charge on any atom is 0.154 e. The van der Waals surface area contributed by atoms with Gasteiger partial charge in [-0.05, 0) is 12.3 Å². The van der Waals surface area contributed by atoms with Crippen molar-refractivity contribution in [3.63, 3.8) is 0 Å². The van der Waals surface area contributed by atoms with Crippen LogP contribution >= 0.6 is 0 Å². The first-order valence-electron chi connectivity index (χ1n) is 3.52. The van der Waals surface area contributed by atoms with Crippen molar-refractivity contribution in [2.75, 3.05) is 7.11 Å². The Hall–Kier alpha value is -0.340. The lowest BCUT2D eigenvalue weighted by Gasteiger charge is -2.12. The van der Waals surface area contributed by atoms with Crippen molar-refractivity contribution in [2.24, 2.45) is 5.92 Å². The first-order valence-corrected chi connectivity index (χ1v) is 3.52. The van der Waals surface area contributed by atoms with E-state index in [9.17, 15) is 0 Å². The van der Waals surface area contributed by atoms with Gasteiger partial charge in [0.05, 0.1) is 0 Å². The van der Waals surface area contributed by atoms with Gasteiger partial charge in [0.15, 0.2) is 6.29 Å². The molecule has 0 saturated carbocycles. The molecule has 2 unspecified atom stereocenters. The van der Waals surface area contributed by atoms with E-state index in [-0.39, 0.29) is 0 Å². The molecule has 0 bridgehead atoms. The summed E-state index contributed by atoms with van der Waals surface area (Å²) < 4.78 is 4.69. The molecule has 2 nitrogen and oxygen atoms in total. The van der Waals surface area contributed by atoms with E-state index < -0.39 is 6.29 Å². The molecule has 1 N–H and O–H groups in total. The van der Waals surface area contributed by atoms with Gasteiger partial charge in [-0.2, -0.15) is 0 Å². The van der Waals surface area contributed by atoms with E-state index in [1.165, 1.54) is 7.11 Å². The highest BCUT2D eigenvalue weighted by Gasteiger charge is 2.06. The zero-order valence-electron chi connectivity index (χ0n) is 6.71. The first-order chi connectivity index (χ1) is 4.70. The van der Waals surface area contributed by atoms with Crippen molar-refractivity contribution in [3.05, 3.63) is 12.7 Å². The molecular weight excluding hydrogens is 128 g/mol. The van der Waals surface area contributed by atoms with Crippen LogP contribution in [-0.4, -0.2) is 18.5 Å². The van der Waals surface area contributed by atoms with E-state index in [0.29, 0.717) is 12.3 Å². The van der Waals surface area contributed by atoms with Gasteiger partial charge in [-0.3, -0.25) is 0 Å². The number of hydrogen-bond acceptors (Lipinski definition) is 2. The Morgan fingerprint density at radius 3 is 2.70 bits per heavy atom. The van der Waals surface area contributed by atoms with Gasteiger partial charge in [-0.1, -0.05) is 13.0 Å². The Balaban J connectivity index is 3.35. The summed E-state index contributed by atoms with van der Waals surface area (Å²) in [6, 6.07) is 0. The summed E-state index contributed by atoms with van der Waals surface area (Å²) in [5.74, 6) is 0.451. The first kappa shape index (κ1) is 9.66. The molecule has 0 saturated heterocycles. The number of aliphatic hydroxyl groups excluding tert-OH is 1. The van der Waals surface area contributed by atoms with Crippen molar-refractivity contribution in [1.29, 1.82) is 0 Å². The zero-order valence-corrected chi connectivity index (χ0v) is 6.71. The summed E-state index contributed by atoms with van der Waals surface area (Å²) in [6.45, 7) is 5.67. The third-order valence-corrected chi connectivity index (χ3v) is 1.45. The van der Waals surface area contributed by atoms with Crippen LogP contribution in [0.25, 0.3) is 0 Å². The van der Waals surface area contributed by atoms with Gasteiger partial charge in [0, 0.05) is 13.5 Å². The Kier molecular flexibility index (Phi) is 5.26. The van der Waals surface area contributed by atoms with Gasteiger partial charge < -0.3 is 9.84 Å². The largest absolute Gasteiger partial charge is 0.368 e. The highest BCUT2D eigenvalue weighted by atomic mass is 16.6. The summed E-state index contributed by atoms with van der Waals surface area (Å²) >= 11 is 0. The molecule has 0 aliphatic heterocycles. The lowest BCUT2D eigenvalue weighted by molar-refractivity contribution is -0.0857. The fourth-order valence-electron chi connectivity index (χ4n) is 0.821. The molecule has 2 atom stereocenters. The molecule has 0 heterocycles. The molecule has 0 spiro atoms. The van der Waals surface area contributed by atoms with Crippen LogP contribution in [0, 0.1) is 5.92 Å². The molecule has 0 aromatic carbocycles. The summed E-state index contributed by atoms with van der Waals surface area (Å²) in [7, 11) is 1.51. The second-order valence-electron chi connectivity index (χ2n) is 2.56. The normalized spacial score (nSPS) is 16.3. The summed E-state index contributed by atoms with van der Waals surface area (Å²) in [5.41, 5.74) is 0. The van der Waals surface area contributed by atoms with Crippen molar-refractivity contribution in [2.45, 2.75) is 26.1 Å². The standard InChI is InChI=1S/C8H16O2/c1-4-5-7(2)6-8(9)10-3/h4,7-9H,1,5-6H2,2-3H3. The minimum absolute atomic E-state index is 0.451. The quantitative estimate of drug-likeness (QED) is 0.468. The SMILES string of the molecule is C=CCC(C)CC(O)OC. The van der Waals surface area contributed by atoms with Crippen LogP contribution in [0.5, 0.6) is 0 Å². The fourth-order valence-corrected chi connectivity index (χ4v) is 0.821. The second kappa shape index (κ2) is 5.45. The van der Waals surface area contributed by atoms with Crippen LogP contribution in [0.1, 0.15) is 19.8 Å². The topological polar surface area (TPSA) is 29.5 Å². The predicted octanol–water partition coefficient (Wildman–Crippen LogP) is 1.55. The van der Waals surface area contributed by atoms with Crippen LogP contribution in [-0.2, 0) is 4.74 Å². The smallest absolute Gasteiger partial charge is 0.154 e. The highest BCUT2D eigenvalue weighted by Crippen LogP contribution is 2.10. The van der Waals surface area contributed by atoms with Gasteiger partial charge >= 0.3 is 0 Å². The third kappa shape index (κ3) is 4.53.